The van der Waals surface area contributed by atoms with Gasteiger partial charge in [0.15, 0.2) is 0 Å². The van der Waals surface area contributed by atoms with E-state index in [-0.39, 0.29) is 6.61 Å². The Morgan fingerprint density at radius 2 is 1.86 bits per heavy atom. The number of aliphatic hydroxyl groups excluding tert-OH is 2. The van der Waals surface area contributed by atoms with E-state index in [1.165, 1.54) is 6.92 Å². The van der Waals surface area contributed by atoms with Gasteiger partial charge in [0, 0.05) is 0 Å². The van der Waals surface area contributed by atoms with Gasteiger partial charge in [0.05, 0.1) is 19.3 Å². The van der Waals surface area contributed by atoms with Gasteiger partial charge in [-0.2, -0.15) is 0 Å². The molecule has 1 aromatic rings. The molecule has 1 aromatic carbocycles. The molecule has 2 N–H and O–H groups in total. The maximum Gasteiger partial charge on any atom is 0.103 e. The Morgan fingerprint density at radius 3 is 2.43 bits per heavy atom. The third-order valence-corrected chi connectivity index (χ3v) is 1.96. The molecule has 1 rings (SSSR count). The number of hydrogen-bond acceptors (Lipinski definition) is 3. The fourth-order valence-electron chi connectivity index (χ4n) is 1.01. The number of hydrogen-bond donors (Lipinski definition) is 2. The van der Waals surface area contributed by atoms with E-state index in [2.05, 4.69) is 0 Å². The molecule has 0 saturated heterocycles. The maximum atomic E-state index is 9.23. The largest absolute Gasteiger partial charge is 0.391 e. The van der Waals surface area contributed by atoms with Gasteiger partial charge in [-0.1, -0.05) is 30.3 Å². The number of benzene rings is 1. The molecule has 78 valence electrons. The van der Waals surface area contributed by atoms with E-state index in [1.54, 1.807) is 0 Å². The standard InChI is InChI=1S/C11H16O3/c1-9(12)11(13)8-14-7-10-5-3-2-4-6-10/h2-6,9,11-13H,7-8H2,1H3/t9-,11+/m0/s1. The van der Waals surface area contributed by atoms with Crippen LogP contribution in [0.2, 0.25) is 0 Å². The predicted octanol–water partition coefficient (Wildman–Crippen LogP) is 0.945. The Hall–Kier alpha value is -0.900. The normalized spacial score (nSPS) is 15.1. The van der Waals surface area contributed by atoms with E-state index >= 15 is 0 Å². The highest BCUT2D eigenvalue weighted by Gasteiger charge is 2.10. The van der Waals surface area contributed by atoms with Gasteiger partial charge in [0.1, 0.15) is 6.10 Å². The zero-order valence-corrected chi connectivity index (χ0v) is 8.26. The summed E-state index contributed by atoms with van der Waals surface area (Å²) in [6.07, 6.45) is -1.55. The molecular weight excluding hydrogens is 180 g/mol. The van der Waals surface area contributed by atoms with Crippen LogP contribution in [0.3, 0.4) is 0 Å². The van der Waals surface area contributed by atoms with Crippen LogP contribution in [0, 0.1) is 0 Å². The number of rotatable bonds is 5. The fraction of sp³-hybridized carbons (Fsp3) is 0.455. The van der Waals surface area contributed by atoms with Crippen LogP contribution in [0.25, 0.3) is 0 Å². The Morgan fingerprint density at radius 1 is 1.21 bits per heavy atom. The fourth-order valence-corrected chi connectivity index (χ4v) is 1.01. The van der Waals surface area contributed by atoms with Crippen molar-refractivity contribution < 1.29 is 14.9 Å². The van der Waals surface area contributed by atoms with Crippen molar-refractivity contribution in [1.82, 2.24) is 0 Å². The van der Waals surface area contributed by atoms with Crippen LogP contribution in [0.1, 0.15) is 12.5 Å². The second-order valence-corrected chi connectivity index (χ2v) is 3.31. The summed E-state index contributed by atoms with van der Waals surface area (Å²) >= 11 is 0. The second kappa shape index (κ2) is 5.75. The third kappa shape index (κ3) is 3.87. The predicted molar refractivity (Wildman–Crippen MR) is 53.8 cm³/mol. The zero-order chi connectivity index (χ0) is 10.4. The average molecular weight is 196 g/mol. The minimum Gasteiger partial charge on any atom is -0.391 e. The van der Waals surface area contributed by atoms with E-state index < -0.39 is 12.2 Å². The van der Waals surface area contributed by atoms with Crippen LogP contribution in [-0.4, -0.2) is 29.0 Å². The topological polar surface area (TPSA) is 49.7 Å². The molecule has 0 aliphatic carbocycles. The highest BCUT2D eigenvalue weighted by Crippen LogP contribution is 2.01. The molecule has 0 radical (unpaired) electrons. The van der Waals surface area contributed by atoms with E-state index in [0.717, 1.165) is 5.56 Å². The Labute approximate surface area is 84.0 Å². The molecule has 0 saturated carbocycles. The van der Waals surface area contributed by atoms with Crippen LogP contribution < -0.4 is 0 Å². The zero-order valence-electron chi connectivity index (χ0n) is 8.26. The van der Waals surface area contributed by atoms with Gasteiger partial charge in [0.2, 0.25) is 0 Å². The average Bonchev–Trinajstić information content (AvgIpc) is 2.19. The van der Waals surface area contributed by atoms with E-state index in [0.29, 0.717) is 6.61 Å². The summed E-state index contributed by atoms with van der Waals surface area (Å²) in [4.78, 5) is 0. The van der Waals surface area contributed by atoms with Crippen molar-refractivity contribution in [3.8, 4) is 0 Å². The van der Waals surface area contributed by atoms with E-state index in [4.69, 9.17) is 9.84 Å². The minimum atomic E-state index is -0.807. The Balaban J connectivity index is 2.22. The van der Waals surface area contributed by atoms with Gasteiger partial charge in [0.25, 0.3) is 0 Å². The lowest BCUT2D eigenvalue weighted by molar-refractivity contribution is -0.0349. The molecule has 0 aliphatic heterocycles. The van der Waals surface area contributed by atoms with Crippen LogP contribution in [-0.2, 0) is 11.3 Å². The molecule has 3 heteroatoms. The number of ether oxygens (including phenoxy) is 1. The van der Waals surface area contributed by atoms with Gasteiger partial charge in [-0.25, -0.2) is 0 Å². The molecule has 0 aliphatic rings. The lowest BCUT2D eigenvalue weighted by atomic mass is 10.2. The third-order valence-electron chi connectivity index (χ3n) is 1.96. The first kappa shape index (κ1) is 11.2. The van der Waals surface area contributed by atoms with Crippen molar-refractivity contribution in [2.45, 2.75) is 25.7 Å². The monoisotopic (exact) mass is 196 g/mol. The van der Waals surface area contributed by atoms with Gasteiger partial charge in [-0.05, 0) is 12.5 Å². The van der Waals surface area contributed by atoms with Gasteiger partial charge >= 0.3 is 0 Å². The van der Waals surface area contributed by atoms with E-state index in [9.17, 15) is 5.11 Å². The molecule has 0 heterocycles. The highest BCUT2D eigenvalue weighted by molar-refractivity contribution is 5.13. The number of aliphatic hydroxyl groups is 2. The smallest absolute Gasteiger partial charge is 0.103 e. The molecule has 0 unspecified atom stereocenters. The Bertz CT molecular complexity index is 246. The summed E-state index contributed by atoms with van der Waals surface area (Å²) in [6.45, 7) is 2.16. The van der Waals surface area contributed by atoms with Crippen LogP contribution >= 0.6 is 0 Å². The lowest BCUT2D eigenvalue weighted by Crippen LogP contribution is -2.27. The minimum absolute atomic E-state index is 0.159. The van der Waals surface area contributed by atoms with Gasteiger partial charge < -0.3 is 14.9 Å². The molecule has 0 aromatic heterocycles. The summed E-state index contributed by atoms with van der Waals surface area (Å²) in [5, 5.41) is 18.2. The SMILES string of the molecule is C[C@H](O)[C@H](O)COCc1ccccc1. The summed E-state index contributed by atoms with van der Waals surface area (Å²) in [6, 6.07) is 9.71. The summed E-state index contributed by atoms with van der Waals surface area (Å²) in [5.74, 6) is 0. The molecular formula is C11H16O3. The Kier molecular flexibility index (Phi) is 4.59. The van der Waals surface area contributed by atoms with Crippen molar-refractivity contribution in [2.75, 3.05) is 6.61 Å². The van der Waals surface area contributed by atoms with Gasteiger partial charge in [-0.15, -0.1) is 0 Å². The molecule has 0 fully saturated rings. The molecule has 0 bridgehead atoms. The molecule has 14 heavy (non-hydrogen) atoms. The summed E-state index contributed by atoms with van der Waals surface area (Å²) in [7, 11) is 0. The van der Waals surface area contributed by atoms with Crippen molar-refractivity contribution in [3.63, 3.8) is 0 Å². The van der Waals surface area contributed by atoms with E-state index in [1.807, 2.05) is 30.3 Å². The quantitative estimate of drug-likeness (QED) is 0.737. The summed E-state index contributed by atoms with van der Waals surface area (Å²) in [5.41, 5.74) is 1.06. The molecule has 0 amide bonds. The van der Waals surface area contributed by atoms with Crippen molar-refractivity contribution >= 4 is 0 Å². The molecule has 3 nitrogen and oxygen atoms in total. The highest BCUT2D eigenvalue weighted by atomic mass is 16.5. The van der Waals surface area contributed by atoms with Crippen LogP contribution in [0.15, 0.2) is 30.3 Å². The van der Waals surface area contributed by atoms with Crippen molar-refractivity contribution in [1.29, 1.82) is 0 Å². The lowest BCUT2D eigenvalue weighted by Gasteiger charge is -2.13. The van der Waals surface area contributed by atoms with Crippen LogP contribution in [0.4, 0.5) is 0 Å². The maximum absolute atomic E-state index is 9.23. The van der Waals surface area contributed by atoms with Crippen LogP contribution in [0.5, 0.6) is 0 Å². The molecule has 2 atom stereocenters. The first-order valence-corrected chi connectivity index (χ1v) is 4.68. The van der Waals surface area contributed by atoms with Gasteiger partial charge in [-0.3, -0.25) is 0 Å². The van der Waals surface area contributed by atoms with Crippen molar-refractivity contribution in [2.24, 2.45) is 0 Å². The van der Waals surface area contributed by atoms with Crippen molar-refractivity contribution in [3.05, 3.63) is 35.9 Å². The first-order valence-electron chi connectivity index (χ1n) is 4.68. The first-order chi connectivity index (χ1) is 6.70. The molecule has 0 spiro atoms. The second-order valence-electron chi connectivity index (χ2n) is 3.31. The summed E-state index contributed by atoms with van der Waals surface area (Å²) < 4.78 is 5.23.